The standard InChI is InChI=1S/C28H31N9O/c1-36-7-9-37(10-8-36)24-16-32-15-23-26(24)35-27(34-23)25(30)21-12-18(5-6-22(21)29)19-11-20(14-31-13-19)33-28(38)17-3-2-4-17/h5-6,11-17,30H,2-4,7-10,29H2,1H3,(H,33,38)(H,34,35). The van der Waals surface area contributed by atoms with E-state index in [1.807, 2.05) is 24.4 Å². The summed E-state index contributed by atoms with van der Waals surface area (Å²) >= 11 is 0. The zero-order valence-corrected chi connectivity index (χ0v) is 21.4. The summed E-state index contributed by atoms with van der Waals surface area (Å²) in [4.78, 5) is 33.8. The molecular weight excluding hydrogens is 478 g/mol. The fourth-order valence-corrected chi connectivity index (χ4v) is 4.98. The highest BCUT2D eigenvalue weighted by molar-refractivity contribution is 6.13. The number of aromatic amines is 1. The molecule has 194 valence electrons. The number of rotatable bonds is 6. The van der Waals surface area contributed by atoms with E-state index in [1.54, 1.807) is 24.7 Å². The lowest BCUT2D eigenvalue weighted by atomic mass is 9.85. The van der Waals surface area contributed by atoms with Gasteiger partial charge in [0.1, 0.15) is 11.2 Å². The van der Waals surface area contributed by atoms with Crippen LogP contribution < -0.4 is 16.0 Å². The minimum atomic E-state index is 0.0466. The number of likely N-dealkylation sites (N-methyl/N-ethyl adjacent to an activating group) is 1. The monoisotopic (exact) mass is 509 g/mol. The second-order valence-electron chi connectivity index (χ2n) is 10.2. The third-order valence-electron chi connectivity index (χ3n) is 7.59. The molecule has 10 nitrogen and oxygen atoms in total. The molecule has 2 aliphatic rings. The van der Waals surface area contributed by atoms with Gasteiger partial charge in [-0.15, -0.1) is 0 Å². The van der Waals surface area contributed by atoms with Crippen molar-refractivity contribution in [1.29, 1.82) is 5.41 Å². The van der Waals surface area contributed by atoms with Gasteiger partial charge in [0.15, 0.2) is 5.82 Å². The normalized spacial score (nSPS) is 16.4. The van der Waals surface area contributed by atoms with Crippen LogP contribution >= 0.6 is 0 Å². The SMILES string of the molecule is CN1CCN(c2cncc3[nH]c(C(=N)c4cc(-c5cncc(NC(=O)C6CCC6)c5)ccc4N)nc23)CC1. The van der Waals surface area contributed by atoms with Crippen LogP contribution in [-0.2, 0) is 4.79 Å². The molecule has 0 unspecified atom stereocenters. The highest BCUT2D eigenvalue weighted by Gasteiger charge is 2.25. The number of amides is 1. The Balaban J connectivity index is 1.28. The Hall–Kier alpha value is -4.31. The maximum atomic E-state index is 12.4. The number of aromatic nitrogens is 4. The lowest BCUT2D eigenvalue weighted by Crippen LogP contribution is -2.44. The maximum Gasteiger partial charge on any atom is 0.227 e. The van der Waals surface area contributed by atoms with E-state index in [-0.39, 0.29) is 17.5 Å². The highest BCUT2D eigenvalue weighted by atomic mass is 16.1. The number of pyridine rings is 2. The molecule has 0 bridgehead atoms. The predicted octanol–water partition coefficient (Wildman–Crippen LogP) is 3.51. The molecule has 0 spiro atoms. The molecule has 1 aliphatic heterocycles. The van der Waals surface area contributed by atoms with Crippen LogP contribution in [0, 0.1) is 11.3 Å². The zero-order valence-electron chi connectivity index (χ0n) is 21.4. The number of benzene rings is 1. The van der Waals surface area contributed by atoms with Crippen molar-refractivity contribution in [2.24, 2.45) is 5.92 Å². The fourth-order valence-electron chi connectivity index (χ4n) is 4.98. The van der Waals surface area contributed by atoms with Crippen LogP contribution in [0.15, 0.2) is 49.1 Å². The molecule has 3 aromatic heterocycles. The first-order valence-electron chi connectivity index (χ1n) is 13.0. The molecule has 6 rings (SSSR count). The number of carbonyl (C=O) groups is 1. The summed E-state index contributed by atoms with van der Waals surface area (Å²) in [7, 11) is 2.13. The number of nitrogen functional groups attached to an aromatic ring is 1. The Morgan fingerprint density at radius 2 is 1.84 bits per heavy atom. The summed E-state index contributed by atoms with van der Waals surface area (Å²) in [5, 5.41) is 11.9. The van der Waals surface area contributed by atoms with E-state index in [0.29, 0.717) is 22.8 Å². The van der Waals surface area contributed by atoms with Crippen molar-refractivity contribution in [3.8, 4) is 11.1 Å². The van der Waals surface area contributed by atoms with Crippen molar-refractivity contribution in [2.75, 3.05) is 49.2 Å². The Morgan fingerprint density at radius 1 is 1.05 bits per heavy atom. The van der Waals surface area contributed by atoms with Gasteiger partial charge >= 0.3 is 0 Å². The van der Waals surface area contributed by atoms with Gasteiger partial charge in [-0.1, -0.05) is 12.5 Å². The number of nitrogens with zero attached hydrogens (tertiary/aromatic N) is 5. The molecule has 1 amide bonds. The minimum Gasteiger partial charge on any atom is -0.398 e. The molecule has 1 aliphatic carbocycles. The second-order valence-corrected chi connectivity index (χ2v) is 10.2. The van der Waals surface area contributed by atoms with Crippen molar-refractivity contribution in [1.82, 2.24) is 24.8 Å². The quantitative estimate of drug-likeness (QED) is 0.230. The van der Waals surface area contributed by atoms with Crippen molar-refractivity contribution in [2.45, 2.75) is 19.3 Å². The van der Waals surface area contributed by atoms with E-state index in [4.69, 9.17) is 16.1 Å². The van der Waals surface area contributed by atoms with Crippen LogP contribution in [0.5, 0.6) is 0 Å². The number of nitrogens with one attached hydrogen (secondary N) is 3. The maximum absolute atomic E-state index is 12.4. The van der Waals surface area contributed by atoms with Gasteiger partial charge < -0.3 is 25.8 Å². The third-order valence-corrected chi connectivity index (χ3v) is 7.59. The average molecular weight is 510 g/mol. The summed E-state index contributed by atoms with van der Waals surface area (Å²) < 4.78 is 0. The molecule has 4 heterocycles. The number of H-pyrrole nitrogens is 1. The summed E-state index contributed by atoms with van der Waals surface area (Å²) in [6.07, 6.45) is 9.98. The molecular formula is C28H31N9O. The van der Waals surface area contributed by atoms with Crippen LogP contribution in [0.25, 0.3) is 22.2 Å². The van der Waals surface area contributed by atoms with E-state index < -0.39 is 0 Å². The van der Waals surface area contributed by atoms with Crippen LogP contribution in [0.3, 0.4) is 0 Å². The molecule has 0 atom stereocenters. The smallest absolute Gasteiger partial charge is 0.227 e. The van der Waals surface area contributed by atoms with E-state index in [1.165, 1.54) is 0 Å². The van der Waals surface area contributed by atoms with E-state index in [9.17, 15) is 4.79 Å². The van der Waals surface area contributed by atoms with Crippen LogP contribution in [0.2, 0.25) is 0 Å². The van der Waals surface area contributed by atoms with Crippen molar-refractivity contribution >= 4 is 39.7 Å². The molecule has 4 aromatic rings. The Labute approximate surface area is 220 Å². The van der Waals surface area contributed by atoms with Crippen LogP contribution in [0.1, 0.15) is 30.7 Å². The van der Waals surface area contributed by atoms with Gasteiger partial charge in [-0.25, -0.2) is 4.98 Å². The topological polar surface area (TPSA) is 140 Å². The van der Waals surface area contributed by atoms with Crippen molar-refractivity contribution in [3.05, 3.63) is 60.4 Å². The largest absolute Gasteiger partial charge is 0.398 e. The number of imidazole rings is 1. The number of carbonyl (C=O) groups excluding carboxylic acids is 1. The lowest BCUT2D eigenvalue weighted by molar-refractivity contribution is -0.122. The average Bonchev–Trinajstić information content (AvgIpc) is 3.33. The number of anilines is 3. The molecule has 38 heavy (non-hydrogen) atoms. The first-order chi connectivity index (χ1) is 18.5. The fraction of sp³-hybridized carbons (Fsp3) is 0.321. The van der Waals surface area contributed by atoms with E-state index >= 15 is 0 Å². The number of hydrogen-bond acceptors (Lipinski definition) is 8. The number of hydrogen-bond donors (Lipinski definition) is 4. The van der Waals surface area contributed by atoms with Gasteiger partial charge in [0.2, 0.25) is 5.91 Å². The molecule has 1 saturated heterocycles. The molecule has 10 heteroatoms. The molecule has 1 saturated carbocycles. The summed E-state index contributed by atoms with van der Waals surface area (Å²) in [5.41, 5.74) is 12.5. The first kappa shape index (κ1) is 24.1. The second kappa shape index (κ2) is 9.86. The molecule has 0 radical (unpaired) electrons. The lowest BCUT2D eigenvalue weighted by Gasteiger charge is -2.33. The number of nitrogens with two attached hydrogens (primary N) is 1. The van der Waals surface area contributed by atoms with Gasteiger partial charge in [0, 0.05) is 55.1 Å². The van der Waals surface area contributed by atoms with Crippen LogP contribution in [0.4, 0.5) is 17.1 Å². The molecule has 2 fully saturated rings. The minimum absolute atomic E-state index is 0.0466. The van der Waals surface area contributed by atoms with Gasteiger partial charge in [0.05, 0.1) is 35.5 Å². The van der Waals surface area contributed by atoms with Gasteiger partial charge in [0.25, 0.3) is 0 Å². The first-order valence-corrected chi connectivity index (χ1v) is 13.0. The highest BCUT2D eigenvalue weighted by Crippen LogP contribution is 2.30. The molecule has 5 N–H and O–H groups in total. The Morgan fingerprint density at radius 3 is 2.61 bits per heavy atom. The van der Waals surface area contributed by atoms with Crippen molar-refractivity contribution in [3.63, 3.8) is 0 Å². The summed E-state index contributed by atoms with van der Waals surface area (Å²) in [6.45, 7) is 3.76. The Kier molecular flexibility index (Phi) is 6.24. The van der Waals surface area contributed by atoms with Gasteiger partial charge in [-0.3, -0.25) is 20.2 Å². The van der Waals surface area contributed by atoms with Crippen molar-refractivity contribution < 1.29 is 4.79 Å². The van der Waals surface area contributed by atoms with Gasteiger partial charge in [-0.05, 0) is 43.7 Å². The third kappa shape index (κ3) is 4.58. The van der Waals surface area contributed by atoms with E-state index in [0.717, 1.165) is 73.3 Å². The number of fused-ring (bicyclic) bond motifs is 1. The summed E-state index contributed by atoms with van der Waals surface area (Å²) in [6, 6.07) is 7.46. The number of piperazine rings is 1. The van der Waals surface area contributed by atoms with Crippen LogP contribution in [-0.4, -0.2) is 69.7 Å². The Bertz CT molecular complexity index is 1520. The van der Waals surface area contributed by atoms with E-state index in [2.05, 4.69) is 37.1 Å². The molecule has 1 aromatic carbocycles. The predicted molar refractivity (Wildman–Crippen MR) is 150 cm³/mol. The summed E-state index contributed by atoms with van der Waals surface area (Å²) in [5.74, 6) is 0.579. The zero-order chi connectivity index (χ0) is 26.2. The van der Waals surface area contributed by atoms with Gasteiger partial charge in [-0.2, -0.15) is 0 Å².